The van der Waals surface area contributed by atoms with Gasteiger partial charge in [-0.25, -0.2) is 0 Å². The largest absolute Gasteiger partial charge is 0.399 e. The summed E-state index contributed by atoms with van der Waals surface area (Å²) in [5, 5.41) is 9.67. The fraction of sp³-hybridized carbons (Fsp3) is 0.500. The Bertz CT molecular complexity index is 342. The molecule has 0 fully saturated rings. The highest BCUT2D eigenvalue weighted by atomic mass is 35.5. The second kappa shape index (κ2) is 6.09. The Morgan fingerprint density at radius 1 is 1.44 bits per heavy atom. The Hall–Kier alpha value is -0.770. The van der Waals surface area contributed by atoms with Gasteiger partial charge in [-0.05, 0) is 31.5 Å². The number of aliphatic hydroxyl groups excluding tert-OH is 1. The van der Waals surface area contributed by atoms with Crippen LogP contribution in [0, 0.1) is 0 Å². The number of nitrogen functional groups attached to an aromatic ring is 1. The maximum atomic E-state index is 8.98. The van der Waals surface area contributed by atoms with Gasteiger partial charge in [0.05, 0.1) is 6.61 Å². The lowest BCUT2D eigenvalue weighted by Crippen LogP contribution is -2.33. The minimum atomic E-state index is 0.158. The molecule has 0 unspecified atom stereocenters. The monoisotopic (exact) mass is 242 g/mol. The SMILES string of the molecule is CC(C)N(CCO)Cc1ccc(N)cc1Cl. The Kier molecular flexibility index (Phi) is 5.06. The lowest BCUT2D eigenvalue weighted by molar-refractivity contribution is 0.159. The van der Waals surface area contributed by atoms with Gasteiger partial charge < -0.3 is 10.8 Å². The third kappa shape index (κ3) is 3.67. The predicted octanol–water partition coefficient (Wildman–Crippen LogP) is 2.12. The Labute approximate surface area is 102 Å². The highest BCUT2D eigenvalue weighted by Crippen LogP contribution is 2.21. The van der Waals surface area contributed by atoms with Crippen LogP contribution in [0.1, 0.15) is 19.4 Å². The third-order valence-corrected chi connectivity index (χ3v) is 2.92. The van der Waals surface area contributed by atoms with Gasteiger partial charge in [-0.1, -0.05) is 17.7 Å². The molecule has 0 spiro atoms. The molecule has 4 heteroatoms. The molecular formula is C12H19ClN2O. The Balaban J connectivity index is 2.77. The van der Waals surface area contributed by atoms with Crippen molar-refractivity contribution in [3.63, 3.8) is 0 Å². The Morgan fingerprint density at radius 3 is 2.62 bits per heavy atom. The quantitative estimate of drug-likeness (QED) is 0.778. The number of rotatable bonds is 5. The minimum Gasteiger partial charge on any atom is -0.399 e. The van der Waals surface area contributed by atoms with E-state index < -0.39 is 0 Å². The number of aliphatic hydroxyl groups is 1. The molecule has 0 saturated carbocycles. The van der Waals surface area contributed by atoms with Crippen LogP contribution in [0.2, 0.25) is 5.02 Å². The van der Waals surface area contributed by atoms with E-state index in [-0.39, 0.29) is 6.61 Å². The molecule has 3 N–H and O–H groups in total. The van der Waals surface area contributed by atoms with Gasteiger partial charge in [0.15, 0.2) is 0 Å². The summed E-state index contributed by atoms with van der Waals surface area (Å²) in [6.07, 6.45) is 0. The van der Waals surface area contributed by atoms with Crippen molar-refractivity contribution in [2.75, 3.05) is 18.9 Å². The van der Waals surface area contributed by atoms with E-state index in [1.54, 1.807) is 6.07 Å². The molecule has 1 aromatic carbocycles. The molecule has 3 nitrogen and oxygen atoms in total. The van der Waals surface area contributed by atoms with E-state index in [1.807, 2.05) is 12.1 Å². The summed E-state index contributed by atoms with van der Waals surface area (Å²) >= 11 is 6.11. The maximum absolute atomic E-state index is 8.98. The minimum absolute atomic E-state index is 0.158. The van der Waals surface area contributed by atoms with Crippen molar-refractivity contribution in [2.45, 2.75) is 26.4 Å². The van der Waals surface area contributed by atoms with E-state index in [4.69, 9.17) is 22.4 Å². The number of hydrogen-bond donors (Lipinski definition) is 2. The molecule has 1 rings (SSSR count). The normalized spacial score (nSPS) is 11.4. The summed E-state index contributed by atoms with van der Waals surface area (Å²) in [6, 6.07) is 5.91. The first kappa shape index (κ1) is 13.3. The van der Waals surface area contributed by atoms with Crippen molar-refractivity contribution < 1.29 is 5.11 Å². The Morgan fingerprint density at radius 2 is 2.12 bits per heavy atom. The predicted molar refractivity (Wildman–Crippen MR) is 68.5 cm³/mol. The highest BCUT2D eigenvalue weighted by Gasteiger charge is 2.11. The van der Waals surface area contributed by atoms with Gasteiger partial charge in [-0.3, -0.25) is 4.90 Å². The summed E-state index contributed by atoms with van der Waals surface area (Å²) in [4.78, 5) is 2.16. The number of benzene rings is 1. The van der Waals surface area contributed by atoms with Crippen LogP contribution in [0.25, 0.3) is 0 Å². The summed E-state index contributed by atoms with van der Waals surface area (Å²) < 4.78 is 0. The van der Waals surface area contributed by atoms with Crippen LogP contribution in [0.3, 0.4) is 0 Å². The molecule has 0 aliphatic rings. The van der Waals surface area contributed by atoms with E-state index in [1.165, 1.54) is 0 Å². The zero-order valence-corrected chi connectivity index (χ0v) is 10.5. The molecule has 0 atom stereocenters. The van der Waals surface area contributed by atoms with E-state index in [2.05, 4.69) is 18.7 Å². The van der Waals surface area contributed by atoms with Gasteiger partial charge in [0.1, 0.15) is 0 Å². The summed E-state index contributed by atoms with van der Waals surface area (Å²) in [7, 11) is 0. The van der Waals surface area contributed by atoms with E-state index in [0.717, 1.165) is 12.1 Å². The molecular weight excluding hydrogens is 224 g/mol. The van der Waals surface area contributed by atoms with Gasteiger partial charge in [0, 0.05) is 29.8 Å². The van der Waals surface area contributed by atoms with Crippen molar-refractivity contribution in [1.82, 2.24) is 4.90 Å². The van der Waals surface area contributed by atoms with Crippen molar-refractivity contribution in [3.8, 4) is 0 Å². The summed E-state index contributed by atoms with van der Waals surface area (Å²) in [5.41, 5.74) is 7.35. The van der Waals surface area contributed by atoms with Crippen LogP contribution in [0.4, 0.5) is 5.69 Å². The van der Waals surface area contributed by atoms with Crippen molar-refractivity contribution in [3.05, 3.63) is 28.8 Å². The number of nitrogens with two attached hydrogens (primary N) is 1. The average Bonchev–Trinajstić information content (AvgIpc) is 2.20. The smallest absolute Gasteiger partial charge is 0.0558 e. The molecule has 1 aromatic rings. The van der Waals surface area contributed by atoms with E-state index in [0.29, 0.717) is 23.3 Å². The highest BCUT2D eigenvalue weighted by molar-refractivity contribution is 6.31. The third-order valence-electron chi connectivity index (χ3n) is 2.57. The first-order valence-corrected chi connectivity index (χ1v) is 5.81. The van der Waals surface area contributed by atoms with Crippen molar-refractivity contribution in [1.29, 1.82) is 0 Å². The number of halogens is 1. The number of hydrogen-bond acceptors (Lipinski definition) is 3. The maximum Gasteiger partial charge on any atom is 0.0558 e. The molecule has 0 bridgehead atoms. The summed E-state index contributed by atoms with van der Waals surface area (Å²) in [6.45, 7) is 5.74. The molecule has 0 saturated heterocycles. The van der Waals surface area contributed by atoms with Crippen LogP contribution >= 0.6 is 11.6 Å². The van der Waals surface area contributed by atoms with Gasteiger partial charge in [-0.15, -0.1) is 0 Å². The standard InChI is InChI=1S/C12H19ClN2O/c1-9(2)15(5-6-16)8-10-3-4-11(14)7-12(10)13/h3-4,7,9,16H,5-6,8,14H2,1-2H3. The fourth-order valence-electron chi connectivity index (χ4n) is 1.56. The second-order valence-electron chi connectivity index (χ2n) is 4.14. The van der Waals surface area contributed by atoms with E-state index >= 15 is 0 Å². The molecule has 0 aliphatic carbocycles. The van der Waals surface area contributed by atoms with Crippen LogP contribution in [0.5, 0.6) is 0 Å². The number of anilines is 1. The zero-order valence-electron chi connectivity index (χ0n) is 9.78. The van der Waals surface area contributed by atoms with Crippen molar-refractivity contribution in [2.24, 2.45) is 0 Å². The first-order valence-electron chi connectivity index (χ1n) is 5.43. The second-order valence-corrected chi connectivity index (χ2v) is 4.55. The van der Waals surface area contributed by atoms with Gasteiger partial charge in [-0.2, -0.15) is 0 Å². The lowest BCUT2D eigenvalue weighted by Gasteiger charge is -2.26. The van der Waals surface area contributed by atoms with Gasteiger partial charge >= 0.3 is 0 Å². The number of nitrogens with zero attached hydrogens (tertiary/aromatic N) is 1. The zero-order chi connectivity index (χ0) is 12.1. The molecule has 0 radical (unpaired) electrons. The van der Waals surface area contributed by atoms with Crippen LogP contribution < -0.4 is 5.73 Å². The fourth-order valence-corrected chi connectivity index (χ4v) is 1.81. The molecule has 0 aromatic heterocycles. The molecule has 90 valence electrons. The van der Waals surface area contributed by atoms with Crippen LogP contribution in [-0.4, -0.2) is 29.2 Å². The van der Waals surface area contributed by atoms with E-state index in [9.17, 15) is 0 Å². The summed E-state index contributed by atoms with van der Waals surface area (Å²) in [5.74, 6) is 0. The molecule has 16 heavy (non-hydrogen) atoms. The van der Waals surface area contributed by atoms with Crippen LogP contribution in [-0.2, 0) is 6.54 Å². The van der Waals surface area contributed by atoms with Gasteiger partial charge in [0.25, 0.3) is 0 Å². The average molecular weight is 243 g/mol. The molecule has 0 aliphatic heterocycles. The van der Waals surface area contributed by atoms with Gasteiger partial charge in [0.2, 0.25) is 0 Å². The lowest BCUT2D eigenvalue weighted by atomic mass is 10.1. The van der Waals surface area contributed by atoms with Crippen molar-refractivity contribution >= 4 is 17.3 Å². The first-order chi connectivity index (χ1) is 7.54. The molecule has 0 amide bonds. The topological polar surface area (TPSA) is 49.5 Å². The van der Waals surface area contributed by atoms with Crippen LogP contribution in [0.15, 0.2) is 18.2 Å². The molecule has 0 heterocycles.